The maximum absolute atomic E-state index is 13.3. The molecule has 1 amide bonds. The van der Waals surface area contributed by atoms with Crippen molar-refractivity contribution < 1.29 is 13.2 Å². The second-order valence-electron chi connectivity index (χ2n) is 7.42. The summed E-state index contributed by atoms with van der Waals surface area (Å²) < 4.78 is 26.2. The highest BCUT2D eigenvalue weighted by molar-refractivity contribution is 7.92. The van der Waals surface area contributed by atoms with Crippen LogP contribution >= 0.6 is 11.6 Å². The number of amides is 1. The molecule has 0 aliphatic rings. The van der Waals surface area contributed by atoms with Crippen molar-refractivity contribution in [1.82, 2.24) is 5.32 Å². The summed E-state index contributed by atoms with van der Waals surface area (Å²) >= 11 is 5.94. The van der Waals surface area contributed by atoms with Crippen LogP contribution < -0.4 is 9.62 Å². The number of nitrogens with one attached hydrogen (secondary N) is 1. The van der Waals surface area contributed by atoms with Crippen molar-refractivity contribution in [3.05, 3.63) is 101 Å². The van der Waals surface area contributed by atoms with Gasteiger partial charge in [-0.2, -0.15) is 0 Å². The van der Waals surface area contributed by atoms with Crippen molar-refractivity contribution in [2.24, 2.45) is 0 Å². The van der Waals surface area contributed by atoms with Crippen molar-refractivity contribution >= 4 is 33.2 Å². The van der Waals surface area contributed by atoms with Gasteiger partial charge in [-0.25, -0.2) is 8.42 Å². The fourth-order valence-corrected chi connectivity index (χ4v) is 4.86. The fourth-order valence-electron chi connectivity index (χ4n) is 3.56. The van der Waals surface area contributed by atoms with Crippen LogP contribution in [0.15, 0.2) is 78.9 Å². The molecule has 0 aliphatic carbocycles. The van der Waals surface area contributed by atoms with Crippen LogP contribution in [0.5, 0.6) is 0 Å². The van der Waals surface area contributed by atoms with Crippen LogP contribution in [-0.2, 0) is 14.8 Å². The van der Waals surface area contributed by atoms with Crippen LogP contribution in [0.3, 0.4) is 0 Å². The number of aryl methyl sites for hydroxylation is 1. The first-order valence-corrected chi connectivity index (χ1v) is 12.1. The number of nitrogens with zero attached hydrogens (tertiary/aromatic N) is 1. The summed E-state index contributed by atoms with van der Waals surface area (Å²) in [6, 6.07) is 22.4. The number of halogens is 1. The quantitative estimate of drug-likeness (QED) is 0.560. The molecule has 0 radical (unpaired) electrons. The van der Waals surface area contributed by atoms with E-state index < -0.39 is 28.0 Å². The van der Waals surface area contributed by atoms with E-state index >= 15 is 0 Å². The summed E-state index contributed by atoms with van der Waals surface area (Å²) in [4.78, 5) is 13.3. The molecule has 0 saturated carbocycles. The van der Waals surface area contributed by atoms with Gasteiger partial charge in [-0.1, -0.05) is 66.2 Å². The molecule has 0 spiro atoms. The predicted molar refractivity (Wildman–Crippen MR) is 126 cm³/mol. The molecular weight excluding hydrogens is 432 g/mol. The highest BCUT2D eigenvalue weighted by Crippen LogP contribution is 2.27. The molecule has 0 aromatic heterocycles. The number of sulfonamides is 1. The largest absolute Gasteiger partial charge is 0.343 e. The Labute approximate surface area is 188 Å². The molecule has 5 nitrogen and oxygen atoms in total. The summed E-state index contributed by atoms with van der Waals surface area (Å²) in [5.74, 6) is -0.405. The zero-order valence-corrected chi connectivity index (χ0v) is 19.2. The minimum Gasteiger partial charge on any atom is -0.343 e. The molecule has 0 saturated heterocycles. The lowest BCUT2D eigenvalue weighted by molar-refractivity contribution is -0.122. The van der Waals surface area contributed by atoms with Gasteiger partial charge in [0.15, 0.2) is 0 Å². The molecule has 1 N–H and O–H groups in total. The third kappa shape index (κ3) is 5.46. The first-order valence-electron chi connectivity index (χ1n) is 9.84. The van der Waals surface area contributed by atoms with E-state index in [4.69, 9.17) is 11.6 Å². The molecule has 7 heteroatoms. The van der Waals surface area contributed by atoms with E-state index in [0.29, 0.717) is 10.7 Å². The second kappa shape index (κ2) is 9.54. The third-order valence-corrected chi connectivity index (χ3v) is 6.58. The summed E-state index contributed by atoms with van der Waals surface area (Å²) in [5, 5.41) is 3.54. The van der Waals surface area contributed by atoms with Crippen LogP contribution in [0.2, 0.25) is 5.02 Å². The first-order chi connectivity index (χ1) is 14.7. The van der Waals surface area contributed by atoms with E-state index in [0.717, 1.165) is 27.3 Å². The highest BCUT2D eigenvalue weighted by Gasteiger charge is 2.31. The van der Waals surface area contributed by atoms with Gasteiger partial charge in [-0.05, 0) is 54.8 Å². The van der Waals surface area contributed by atoms with Crippen LogP contribution in [0.25, 0.3) is 0 Å². The number of benzene rings is 3. The Morgan fingerprint density at radius 1 is 0.935 bits per heavy atom. The minimum atomic E-state index is -3.72. The number of rotatable bonds is 7. The lowest BCUT2D eigenvalue weighted by Gasteiger charge is -2.30. The number of carbonyl (C=O) groups is 1. The van der Waals surface area contributed by atoms with Crippen LogP contribution in [0.4, 0.5) is 5.69 Å². The Morgan fingerprint density at radius 3 is 2.10 bits per heavy atom. The fraction of sp³-hybridized carbons (Fsp3) is 0.208. The Hall–Kier alpha value is -2.83. The molecular formula is C24H25ClN2O3S. The van der Waals surface area contributed by atoms with Gasteiger partial charge in [0.1, 0.15) is 6.04 Å². The van der Waals surface area contributed by atoms with Gasteiger partial charge in [0.2, 0.25) is 15.9 Å². The number of hydrogen-bond donors (Lipinski definition) is 1. The molecule has 162 valence electrons. The maximum atomic E-state index is 13.3. The SMILES string of the molecule is Cc1ccccc1[C@H](NC(=O)[C@H](C)N(c1ccc(Cl)cc1)S(C)(=O)=O)c1ccccc1. The van der Waals surface area contributed by atoms with Crippen molar-refractivity contribution in [3.8, 4) is 0 Å². The Bertz CT molecular complexity index is 1150. The predicted octanol–water partition coefficient (Wildman–Crippen LogP) is 4.71. The molecule has 3 aromatic rings. The highest BCUT2D eigenvalue weighted by atomic mass is 35.5. The van der Waals surface area contributed by atoms with E-state index in [1.54, 1.807) is 31.2 Å². The molecule has 31 heavy (non-hydrogen) atoms. The maximum Gasteiger partial charge on any atom is 0.244 e. The third-order valence-electron chi connectivity index (χ3n) is 5.09. The van der Waals surface area contributed by atoms with Crippen LogP contribution in [0.1, 0.15) is 29.7 Å². The van der Waals surface area contributed by atoms with E-state index in [1.807, 2.05) is 61.5 Å². The summed E-state index contributed by atoms with van der Waals surface area (Å²) in [6.45, 7) is 3.56. The van der Waals surface area contributed by atoms with E-state index in [-0.39, 0.29) is 0 Å². The summed E-state index contributed by atoms with van der Waals surface area (Å²) in [5.41, 5.74) is 3.27. The van der Waals surface area contributed by atoms with E-state index in [2.05, 4.69) is 5.32 Å². The lowest BCUT2D eigenvalue weighted by atomic mass is 9.94. The second-order valence-corrected chi connectivity index (χ2v) is 9.72. The van der Waals surface area contributed by atoms with E-state index in [9.17, 15) is 13.2 Å². The van der Waals surface area contributed by atoms with Gasteiger partial charge in [0, 0.05) is 5.02 Å². The molecule has 0 heterocycles. The number of hydrogen-bond acceptors (Lipinski definition) is 3. The van der Waals surface area contributed by atoms with Crippen LogP contribution in [-0.4, -0.2) is 26.6 Å². The Balaban J connectivity index is 1.96. The number of carbonyl (C=O) groups excluding carboxylic acids is 1. The average Bonchev–Trinajstić information content (AvgIpc) is 2.73. The van der Waals surface area contributed by atoms with Crippen molar-refractivity contribution in [2.75, 3.05) is 10.6 Å². The van der Waals surface area contributed by atoms with Gasteiger partial charge < -0.3 is 5.32 Å². The van der Waals surface area contributed by atoms with E-state index in [1.165, 1.54) is 0 Å². The van der Waals surface area contributed by atoms with Crippen LogP contribution in [0, 0.1) is 6.92 Å². The summed E-state index contributed by atoms with van der Waals surface area (Å²) in [7, 11) is -3.72. The molecule has 0 fully saturated rings. The summed E-state index contributed by atoms with van der Waals surface area (Å²) in [6.07, 6.45) is 1.08. The Morgan fingerprint density at radius 2 is 1.52 bits per heavy atom. The standard InChI is InChI=1S/C24H25ClN2O3S/c1-17-9-7-8-12-22(17)23(19-10-5-4-6-11-19)26-24(28)18(2)27(31(3,29)30)21-15-13-20(25)14-16-21/h4-16,18,23H,1-3H3,(H,26,28)/t18-,23+/m0/s1. The van der Waals surface area contributed by atoms with Gasteiger partial charge in [0.25, 0.3) is 0 Å². The van der Waals surface area contributed by atoms with Gasteiger partial charge in [-0.15, -0.1) is 0 Å². The van der Waals surface area contributed by atoms with Gasteiger partial charge >= 0.3 is 0 Å². The molecule has 2 atom stereocenters. The zero-order chi connectivity index (χ0) is 22.6. The monoisotopic (exact) mass is 456 g/mol. The molecule has 0 aliphatic heterocycles. The van der Waals surface area contributed by atoms with Gasteiger partial charge in [0.05, 0.1) is 18.0 Å². The lowest BCUT2D eigenvalue weighted by Crippen LogP contribution is -2.48. The molecule has 3 aromatic carbocycles. The number of anilines is 1. The average molecular weight is 457 g/mol. The van der Waals surface area contributed by atoms with Crippen molar-refractivity contribution in [2.45, 2.75) is 25.9 Å². The molecule has 0 bridgehead atoms. The van der Waals surface area contributed by atoms with Gasteiger partial charge in [-0.3, -0.25) is 9.10 Å². The van der Waals surface area contributed by atoms with Crippen molar-refractivity contribution in [1.29, 1.82) is 0 Å². The van der Waals surface area contributed by atoms with Crippen molar-refractivity contribution in [3.63, 3.8) is 0 Å². The minimum absolute atomic E-state index is 0.377. The molecule has 3 rings (SSSR count). The first kappa shape index (κ1) is 22.8. The smallest absolute Gasteiger partial charge is 0.244 e. The Kier molecular flexibility index (Phi) is 7.03. The normalized spacial score (nSPS) is 13.3. The zero-order valence-electron chi connectivity index (χ0n) is 17.6. The topological polar surface area (TPSA) is 66.5 Å². The molecule has 0 unspecified atom stereocenters.